The Morgan fingerprint density at radius 3 is 2.89 bits per heavy atom. The number of fused-ring (bicyclic) bond motifs is 3. The van der Waals surface area contributed by atoms with Crippen LogP contribution in [-0.2, 0) is 24.2 Å². The summed E-state index contributed by atoms with van der Waals surface area (Å²) in [5, 5.41) is 10.8. The fourth-order valence-corrected chi connectivity index (χ4v) is 3.24. The number of halogens is 1. The highest BCUT2D eigenvalue weighted by atomic mass is 35.5. The Kier molecular flexibility index (Phi) is 3.23. The number of aryl methyl sites for hydroxylation is 2. The van der Waals surface area contributed by atoms with E-state index in [1.807, 2.05) is 18.2 Å². The van der Waals surface area contributed by atoms with Crippen molar-refractivity contribution in [2.24, 2.45) is 0 Å². The first-order chi connectivity index (χ1) is 9.16. The Morgan fingerprint density at radius 1 is 1.32 bits per heavy atom. The first-order valence-corrected chi connectivity index (χ1v) is 7.06. The summed E-state index contributed by atoms with van der Waals surface area (Å²) in [7, 11) is 0. The van der Waals surface area contributed by atoms with Gasteiger partial charge in [-0.2, -0.15) is 0 Å². The maximum Gasteiger partial charge on any atom is 0.305 e. The third-order valence-electron chi connectivity index (χ3n) is 3.89. The lowest BCUT2D eigenvalue weighted by Gasteiger charge is -2.15. The summed E-state index contributed by atoms with van der Waals surface area (Å²) in [5.74, 6) is -0.750. The minimum Gasteiger partial charge on any atom is -0.481 e. The molecule has 1 aromatic carbocycles. The highest BCUT2D eigenvalue weighted by Gasteiger charge is 2.20. The van der Waals surface area contributed by atoms with Crippen LogP contribution in [0.25, 0.3) is 10.9 Å². The van der Waals surface area contributed by atoms with Crippen molar-refractivity contribution in [3.63, 3.8) is 0 Å². The van der Waals surface area contributed by atoms with Gasteiger partial charge in [-0.25, -0.2) is 0 Å². The smallest absolute Gasteiger partial charge is 0.305 e. The number of hydrogen-bond donors (Lipinski definition) is 1. The molecule has 1 aromatic heterocycles. The van der Waals surface area contributed by atoms with Crippen molar-refractivity contribution in [1.29, 1.82) is 0 Å². The minimum atomic E-state index is -0.750. The van der Waals surface area contributed by atoms with Crippen LogP contribution in [0.4, 0.5) is 0 Å². The Balaban J connectivity index is 2.15. The van der Waals surface area contributed by atoms with Gasteiger partial charge in [0.15, 0.2) is 0 Å². The molecule has 1 aliphatic carbocycles. The summed E-state index contributed by atoms with van der Waals surface area (Å²) >= 11 is 6.09. The van der Waals surface area contributed by atoms with Gasteiger partial charge in [-0.3, -0.25) is 4.79 Å². The van der Waals surface area contributed by atoms with Crippen molar-refractivity contribution in [3.8, 4) is 0 Å². The molecular formula is C15H16ClNO2. The molecule has 0 saturated heterocycles. The molecule has 0 fully saturated rings. The number of hydrogen-bond acceptors (Lipinski definition) is 1. The molecule has 0 atom stereocenters. The topological polar surface area (TPSA) is 42.2 Å². The molecule has 1 aliphatic rings. The second kappa shape index (κ2) is 4.89. The van der Waals surface area contributed by atoms with Crippen LogP contribution in [0.15, 0.2) is 18.2 Å². The molecule has 0 spiro atoms. The molecule has 4 heteroatoms. The molecule has 0 bridgehead atoms. The van der Waals surface area contributed by atoms with Gasteiger partial charge in [0, 0.05) is 28.2 Å². The fraction of sp³-hybridized carbons (Fsp3) is 0.400. The van der Waals surface area contributed by atoms with E-state index in [4.69, 9.17) is 16.7 Å². The van der Waals surface area contributed by atoms with E-state index in [-0.39, 0.29) is 6.42 Å². The predicted octanol–water partition coefficient (Wildman–Crippen LogP) is 3.65. The van der Waals surface area contributed by atoms with E-state index in [2.05, 4.69) is 4.57 Å². The first kappa shape index (κ1) is 12.5. The number of aromatic nitrogens is 1. The second-order valence-corrected chi connectivity index (χ2v) is 5.53. The molecular weight excluding hydrogens is 262 g/mol. The van der Waals surface area contributed by atoms with E-state index >= 15 is 0 Å². The minimum absolute atomic E-state index is 0.166. The summed E-state index contributed by atoms with van der Waals surface area (Å²) in [4.78, 5) is 10.8. The predicted molar refractivity (Wildman–Crippen MR) is 75.8 cm³/mol. The number of aliphatic carboxylic acids is 1. The maximum atomic E-state index is 10.8. The van der Waals surface area contributed by atoms with E-state index in [1.165, 1.54) is 29.5 Å². The largest absolute Gasteiger partial charge is 0.481 e. The monoisotopic (exact) mass is 277 g/mol. The Bertz CT molecular complexity index is 645. The molecule has 3 rings (SSSR count). The van der Waals surface area contributed by atoms with Gasteiger partial charge >= 0.3 is 5.97 Å². The van der Waals surface area contributed by atoms with Crippen molar-refractivity contribution >= 4 is 28.5 Å². The highest BCUT2D eigenvalue weighted by molar-refractivity contribution is 6.31. The molecule has 3 nitrogen and oxygen atoms in total. The average molecular weight is 278 g/mol. The average Bonchev–Trinajstić information content (AvgIpc) is 2.70. The lowest BCUT2D eigenvalue weighted by molar-refractivity contribution is -0.137. The summed E-state index contributed by atoms with van der Waals surface area (Å²) < 4.78 is 2.17. The van der Waals surface area contributed by atoms with E-state index in [0.717, 1.165) is 23.4 Å². The SMILES string of the molecule is O=C(O)CCn1c2c(c3cc(Cl)ccc31)CCCC2. The third kappa shape index (κ3) is 2.23. The van der Waals surface area contributed by atoms with Crippen LogP contribution >= 0.6 is 11.6 Å². The second-order valence-electron chi connectivity index (χ2n) is 5.09. The van der Waals surface area contributed by atoms with Gasteiger partial charge in [0.2, 0.25) is 0 Å². The third-order valence-corrected chi connectivity index (χ3v) is 4.12. The number of carboxylic acid groups (broad SMARTS) is 1. The molecule has 0 saturated carbocycles. The normalized spacial score (nSPS) is 14.6. The molecule has 0 amide bonds. The van der Waals surface area contributed by atoms with Crippen molar-refractivity contribution in [3.05, 3.63) is 34.5 Å². The lowest BCUT2D eigenvalue weighted by Crippen LogP contribution is -2.10. The van der Waals surface area contributed by atoms with Gasteiger partial charge in [-0.05, 0) is 49.4 Å². The Hall–Kier alpha value is -1.48. The highest BCUT2D eigenvalue weighted by Crippen LogP contribution is 2.33. The van der Waals surface area contributed by atoms with Crippen LogP contribution in [0, 0.1) is 0 Å². The molecule has 1 heterocycles. The van der Waals surface area contributed by atoms with Crippen molar-refractivity contribution in [2.45, 2.75) is 38.6 Å². The zero-order valence-electron chi connectivity index (χ0n) is 10.7. The van der Waals surface area contributed by atoms with Crippen LogP contribution in [0.5, 0.6) is 0 Å². The number of benzene rings is 1. The van der Waals surface area contributed by atoms with Gasteiger partial charge in [-0.15, -0.1) is 0 Å². The zero-order chi connectivity index (χ0) is 13.4. The lowest BCUT2D eigenvalue weighted by atomic mass is 9.95. The molecule has 0 unspecified atom stereocenters. The zero-order valence-corrected chi connectivity index (χ0v) is 11.4. The van der Waals surface area contributed by atoms with Gasteiger partial charge in [0.05, 0.1) is 6.42 Å². The van der Waals surface area contributed by atoms with E-state index in [9.17, 15) is 4.79 Å². The Labute approximate surface area is 116 Å². The fourth-order valence-electron chi connectivity index (χ4n) is 3.07. The molecule has 0 aliphatic heterocycles. The number of carbonyl (C=O) groups is 1. The summed E-state index contributed by atoms with van der Waals surface area (Å²) in [6.45, 7) is 0.544. The summed E-state index contributed by atoms with van der Waals surface area (Å²) in [6.07, 6.45) is 4.67. The molecule has 2 aromatic rings. The van der Waals surface area contributed by atoms with Gasteiger partial charge < -0.3 is 9.67 Å². The van der Waals surface area contributed by atoms with E-state index in [1.54, 1.807) is 0 Å². The summed E-state index contributed by atoms with van der Waals surface area (Å²) in [6, 6.07) is 5.91. The van der Waals surface area contributed by atoms with Gasteiger partial charge in [0.1, 0.15) is 0 Å². The standard InChI is InChI=1S/C15H16ClNO2/c16-10-5-6-14-12(9-10)11-3-1-2-4-13(11)17(14)8-7-15(18)19/h5-6,9H,1-4,7-8H2,(H,18,19). The van der Waals surface area contributed by atoms with Crippen LogP contribution < -0.4 is 0 Å². The molecule has 100 valence electrons. The molecule has 1 N–H and O–H groups in total. The number of rotatable bonds is 3. The van der Waals surface area contributed by atoms with Crippen LogP contribution in [-0.4, -0.2) is 15.6 Å². The van der Waals surface area contributed by atoms with Crippen LogP contribution in [0.1, 0.15) is 30.5 Å². The van der Waals surface area contributed by atoms with E-state index < -0.39 is 5.97 Å². The molecule has 19 heavy (non-hydrogen) atoms. The van der Waals surface area contributed by atoms with Crippen molar-refractivity contribution in [1.82, 2.24) is 4.57 Å². The maximum absolute atomic E-state index is 10.8. The van der Waals surface area contributed by atoms with Gasteiger partial charge in [0.25, 0.3) is 0 Å². The molecule has 0 radical (unpaired) electrons. The van der Waals surface area contributed by atoms with Crippen molar-refractivity contribution in [2.75, 3.05) is 0 Å². The number of carboxylic acids is 1. The van der Waals surface area contributed by atoms with E-state index in [0.29, 0.717) is 6.54 Å². The number of nitrogens with zero attached hydrogens (tertiary/aromatic N) is 1. The van der Waals surface area contributed by atoms with Gasteiger partial charge in [-0.1, -0.05) is 11.6 Å². The Morgan fingerprint density at radius 2 is 2.11 bits per heavy atom. The van der Waals surface area contributed by atoms with Crippen LogP contribution in [0.3, 0.4) is 0 Å². The first-order valence-electron chi connectivity index (χ1n) is 6.68. The summed E-state index contributed by atoms with van der Waals surface area (Å²) in [5.41, 5.74) is 3.80. The van der Waals surface area contributed by atoms with Crippen LogP contribution in [0.2, 0.25) is 5.02 Å². The quantitative estimate of drug-likeness (QED) is 0.930. The van der Waals surface area contributed by atoms with Crippen molar-refractivity contribution < 1.29 is 9.90 Å².